The summed E-state index contributed by atoms with van der Waals surface area (Å²) in [6.45, 7) is 0.192. The average molecular weight is 264 g/mol. The van der Waals surface area contributed by atoms with E-state index < -0.39 is 11.8 Å². The van der Waals surface area contributed by atoms with Crippen LogP contribution in [0.2, 0.25) is 0 Å². The lowest BCUT2D eigenvalue weighted by molar-refractivity contribution is -0.139. The van der Waals surface area contributed by atoms with Crippen molar-refractivity contribution in [2.75, 3.05) is 7.05 Å². The van der Waals surface area contributed by atoms with E-state index in [-0.39, 0.29) is 6.54 Å². The minimum Gasteiger partial charge on any atom is -0.458 e. The molecule has 18 heavy (non-hydrogen) atoms. The van der Waals surface area contributed by atoms with Crippen molar-refractivity contribution in [1.82, 2.24) is 10.6 Å². The maximum absolute atomic E-state index is 11.2. The number of amides is 2. The molecule has 2 amide bonds. The summed E-state index contributed by atoms with van der Waals surface area (Å²) in [5.41, 5.74) is 0. The van der Waals surface area contributed by atoms with Crippen LogP contribution < -0.4 is 10.6 Å². The van der Waals surface area contributed by atoms with Crippen molar-refractivity contribution in [2.45, 2.75) is 6.54 Å². The van der Waals surface area contributed by atoms with Gasteiger partial charge < -0.3 is 15.1 Å². The van der Waals surface area contributed by atoms with Gasteiger partial charge in [0.25, 0.3) is 0 Å². The summed E-state index contributed by atoms with van der Waals surface area (Å²) in [5.74, 6) is 0.0245. The monoisotopic (exact) mass is 264 g/mol. The number of rotatable bonds is 3. The highest BCUT2D eigenvalue weighted by Gasteiger charge is 2.12. The second-order valence-electron chi connectivity index (χ2n) is 3.51. The fourth-order valence-electron chi connectivity index (χ4n) is 1.39. The second-order valence-corrected chi connectivity index (χ2v) is 4.45. The molecule has 5 nitrogen and oxygen atoms in total. The Labute approximate surface area is 108 Å². The third-order valence-electron chi connectivity index (χ3n) is 2.28. The molecule has 0 aliphatic rings. The molecular formula is C12H12N2O3S. The van der Waals surface area contributed by atoms with Crippen LogP contribution in [0.4, 0.5) is 0 Å². The van der Waals surface area contributed by atoms with Crippen molar-refractivity contribution in [3.8, 4) is 10.6 Å². The normalized spacial score (nSPS) is 10.1. The van der Waals surface area contributed by atoms with Crippen molar-refractivity contribution < 1.29 is 14.0 Å². The first-order valence-corrected chi connectivity index (χ1v) is 6.21. The van der Waals surface area contributed by atoms with E-state index in [1.54, 1.807) is 17.4 Å². The topological polar surface area (TPSA) is 71.3 Å². The molecular weight excluding hydrogens is 252 g/mol. The molecule has 0 radical (unpaired) electrons. The molecule has 2 rings (SSSR count). The van der Waals surface area contributed by atoms with E-state index >= 15 is 0 Å². The van der Waals surface area contributed by atoms with Crippen LogP contribution >= 0.6 is 11.3 Å². The predicted molar refractivity (Wildman–Crippen MR) is 67.9 cm³/mol. The molecule has 0 aliphatic heterocycles. The quantitative estimate of drug-likeness (QED) is 0.822. The molecule has 0 saturated heterocycles. The molecule has 6 heteroatoms. The van der Waals surface area contributed by atoms with E-state index in [0.29, 0.717) is 5.76 Å². The van der Waals surface area contributed by atoms with Crippen LogP contribution in [0.1, 0.15) is 5.76 Å². The van der Waals surface area contributed by atoms with Crippen LogP contribution in [0.3, 0.4) is 0 Å². The zero-order valence-corrected chi connectivity index (χ0v) is 10.5. The zero-order valence-electron chi connectivity index (χ0n) is 9.73. The lowest BCUT2D eigenvalue weighted by Crippen LogP contribution is -2.37. The molecule has 0 aromatic carbocycles. The molecule has 0 atom stereocenters. The SMILES string of the molecule is CNC(=O)C(=O)NCc1ccc(-c2cccs2)o1. The van der Waals surface area contributed by atoms with Crippen LogP contribution in [0, 0.1) is 0 Å². The molecule has 2 aromatic heterocycles. The molecule has 2 heterocycles. The first-order valence-electron chi connectivity index (χ1n) is 5.33. The Balaban J connectivity index is 1.95. The second kappa shape index (κ2) is 5.50. The first kappa shape index (κ1) is 12.4. The van der Waals surface area contributed by atoms with E-state index in [4.69, 9.17) is 4.42 Å². The van der Waals surface area contributed by atoms with Gasteiger partial charge in [-0.15, -0.1) is 11.3 Å². The molecule has 2 N–H and O–H groups in total. The third-order valence-corrected chi connectivity index (χ3v) is 3.17. The van der Waals surface area contributed by atoms with Gasteiger partial charge >= 0.3 is 11.8 Å². The highest BCUT2D eigenvalue weighted by Crippen LogP contribution is 2.26. The fourth-order valence-corrected chi connectivity index (χ4v) is 2.07. The lowest BCUT2D eigenvalue weighted by atomic mass is 10.3. The largest absolute Gasteiger partial charge is 0.458 e. The highest BCUT2D eigenvalue weighted by atomic mass is 32.1. The standard InChI is InChI=1S/C12H12N2O3S/c1-13-11(15)12(16)14-7-8-4-5-9(17-8)10-3-2-6-18-10/h2-6H,7H2,1H3,(H,13,15)(H,14,16). The van der Waals surface area contributed by atoms with Gasteiger partial charge in [-0.05, 0) is 23.6 Å². The van der Waals surface area contributed by atoms with Gasteiger partial charge in [-0.2, -0.15) is 0 Å². The summed E-state index contributed by atoms with van der Waals surface area (Å²) in [4.78, 5) is 23.2. The van der Waals surface area contributed by atoms with Gasteiger partial charge in [0.2, 0.25) is 0 Å². The number of likely N-dealkylation sites (N-methyl/N-ethyl adjacent to an activating group) is 1. The van der Waals surface area contributed by atoms with Gasteiger partial charge in [-0.1, -0.05) is 6.07 Å². The first-order chi connectivity index (χ1) is 8.70. The summed E-state index contributed by atoms with van der Waals surface area (Å²) in [7, 11) is 1.41. The molecule has 0 spiro atoms. The minimum atomic E-state index is -0.674. The van der Waals surface area contributed by atoms with Gasteiger partial charge in [-0.25, -0.2) is 0 Å². The number of hydrogen-bond donors (Lipinski definition) is 2. The third kappa shape index (κ3) is 2.78. The molecule has 0 unspecified atom stereocenters. The Kier molecular flexibility index (Phi) is 3.78. The van der Waals surface area contributed by atoms with E-state index in [9.17, 15) is 9.59 Å². The van der Waals surface area contributed by atoms with Crippen LogP contribution in [0.15, 0.2) is 34.1 Å². The minimum absolute atomic E-state index is 0.192. The number of carbonyl (C=O) groups excluding carboxylic acids is 2. The van der Waals surface area contributed by atoms with E-state index in [1.165, 1.54) is 7.05 Å². The number of furan rings is 1. The molecule has 2 aromatic rings. The van der Waals surface area contributed by atoms with Crippen LogP contribution in [0.5, 0.6) is 0 Å². The van der Waals surface area contributed by atoms with Crippen LogP contribution in [-0.4, -0.2) is 18.9 Å². The fraction of sp³-hybridized carbons (Fsp3) is 0.167. The summed E-state index contributed by atoms with van der Waals surface area (Å²) < 4.78 is 5.56. The van der Waals surface area contributed by atoms with Crippen molar-refractivity contribution >= 4 is 23.2 Å². The number of nitrogens with one attached hydrogen (secondary N) is 2. The zero-order chi connectivity index (χ0) is 13.0. The van der Waals surface area contributed by atoms with Crippen molar-refractivity contribution in [1.29, 1.82) is 0 Å². The lowest BCUT2D eigenvalue weighted by Gasteiger charge is -2.01. The van der Waals surface area contributed by atoms with Crippen LogP contribution in [0.25, 0.3) is 10.6 Å². The number of thiophene rings is 1. The van der Waals surface area contributed by atoms with E-state index in [0.717, 1.165) is 10.6 Å². The number of hydrogen-bond acceptors (Lipinski definition) is 4. The van der Waals surface area contributed by atoms with Gasteiger partial charge in [-0.3, -0.25) is 9.59 Å². The molecule has 0 saturated carbocycles. The summed E-state index contributed by atoms with van der Waals surface area (Å²) >= 11 is 1.58. The summed E-state index contributed by atoms with van der Waals surface area (Å²) in [5, 5.41) is 6.68. The van der Waals surface area contributed by atoms with Gasteiger partial charge in [0.1, 0.15) is 11.5 Å². The average Bonchev–Trinajstić information content (AvgIpc) is 3.04. The maximum Gasteiger partial charge on any atom is 0.309 e. The van der Waals surface area contributed by atoms with Crippen molar-refractivity contribution in [3.63, 3.8) is 0 Å². The maximum atomic E-state index is 11.2. The molecule has 0 aliphatic carbocycles. The molecule has 0 bridgehead atoms. The Morgan fingerprint density at radius 1 is 1.28 bits per heavy atom. The summed E-state index contributed by atoms with van der Waals surface area (Å²) in [6, 6.07) is 7.51. The van der Waals surface area contributed by atoms with Crippen molar-refractivity contribution in [3.05, 3.63) is 35.4 Å². The predicted octanol–water partition coefficient (Wildman–Crippen LogP) is 1.37. The van der Waals surface area contributed by atoms with E-state index in [1.807, 2.05) is 23.6 Å². The van der Waals surface area contributed by atoms with Gasteiger partial charge in [0, 0.05) is 7.05 Å². The Hall–Kier alpha value is -2.08. The highest BCUT2D eigenvalue weighted by molar-refractivity contribution is 7.13. The van der Waals surface area contributed by atoms with Crippen molar-refractivity contribution in [2.24, 2.45) is 0 Å². The van der Waals surface area contributed by atoms with Gasteiger partial charge in [0.15, 0.2) is 0 Å². The molecule has 94 valence electrons. The number of carbonyl (C=O) groups is 2. The smallest absolute Gasteiger partial charge is 0.309 e. The Morgan fingerprint density at radius 2 is 2.11 bits per heavy atom. The molecule has 0 fully saturated rings. The van der Waals surface area contributed by atoms with Crippen LogP contribution in [-0.2, 0) is 16.1 Å². The van der Waals surface area contributed by atoms with Gasteiger partial charge in [0.05, 0.1) is 11.4 Å². The Morgan fingerprint density at radius 3 is 2.78 bits per heavy atom. The Bertz CT molecular complexity index is 545. The van der Waals surface area contributed by atoms with E-state index in [2.05, 4.69) is 10.6 Å². The summed E-state index contributed by atoms with van der Waals surface area (Å²) in [6.07, 6.45) is 0.